The Morgan fingerprint density at radius 3 is 2.45 bits per heavy atom. The molecule has 0 spiro atoms. The first-order valence-electron chi connectivity index (χ1n) is 6.39. The maximum atomic E-state index is 12.0. The Balaban J connectivity index is 2.20. The molecule has 0 saturated carbocycles. The van der Waals surface area contributed by atoms with E-state index >= 15 is 0 Å². The maximum Gasteiger partial charge on any atom is 0.371 e. The lowest BCUT2D eigenvalue weighted by Crippen LogP contribution is -2.04. The number of carbonyl (C=O) groups excluding carboxylic acids is 1. The summed E-state index contributed by atoms with van der Waals surface area (Å²) in [7, 11) is 1.59. The summed E-state index contributed by atoms with van der Waals surface area (Å²) in [5, 5.41) is 19.5. The molecule has 0 bridgehead atoms. The molecule has 1 aromatic carbocycles. The molecule has 6 heteroatoms. The highest BCUT2D eigenvalue weighted by molar-refractivity contribution is 7.12. The second kappa shape index (κ2) is 6.91. The standard InChI is InChI=1S/C16H14O5S/c1-21-12-4-2-10(3-5-12)8-11-6-7-22-15(11)13(17)9-14(18)16(19)20/h2-7,9,18H,8H2,1H3,(H,19,20)/b14-9-. The van der Waals surface area contributed by atoms with Gasteiger partial charge in [0.1, 0.15) is 5.75 Å². The van der Waals surface area contributed by atoms with Gasteiger partial charge in [0, 0.05) is 6.08 Å². The summed E-state index contributed by atoms with van der Waals surface area (Å²) in [6, 6.07) is 9.27. The van der Waals surface area contributed by atoms with E-state index in [1.807, 2.05) is 30.3 Å². The van der Waals surface area contributed by atoms with Gasteiger partial charge in [0.2, 0.25) is 5.76 Å². The number of hydrogen-bond donors (Lipinski definition) is 2. The zero-order valence-corrected chi connectivity index (χ0v) is 12.6. The van der Waals surface area contributed by atoms with Crippen LogP contribution in [-0.4, -0.2) is 29.1 Å². The second-order valence-electron chi connectivity index (χ2n) is 4.50. The summed E-state index contributed by atoms with van der Waals surface area (Å²) in [5.41, 5.74) is 1.79. The normalized spacial score (nSPS) is 11.2. The molecule has 0 atom stereocenters. The van der Waals surface area contributed by atoms with Crippen LogP contribution >= 0.6 is 11.3 Å². The summed E-state index contributed by atoms with van der Waals surface area (Å²) in [5.74, 6) is -2.26. The number of aliphatic hydroxyl groups is 1. The minimum atomic E-state index is -1.53. The average Bonchev–Trinajstić information content (AvgIpc) is 2.96. The van der Waals surface area contributed by atoms with E-state index in [0.717, 1.165) is 23.0 Å². The first-order chi connectivity index (χ1) is 10.5. The Bertz CT molecular complexity index is 712. The van der Waals surface area contributed by atoms with Gasteiger partial charge in [-0.3, -0.25) is 4.79 Å². The third kappa shape index (κ3) is 3.73. The van der Waals surface area contributed by atoms with Crippen LogP contribution in [0.25, 0.3) is 0 Å². The molecule has 0 radical (unpaired) electrons. The summed E-state index contributed by atoms with van der Waals surface area (Å²) in [6.07, 6.45) is 1.27. The molecule has 0 aliphatic carbocycles. The molecule has 114 valence electrons. The van der Waals surface area contributed by atoms with E-state index in [9.17, 15) is 9.59 Å². The Morgan fingerprint density at radius 2 is 1.86 bits per heavy atom. The van der Waals surface area contributed by atoms with Crippen molar-refractivity contribution in [2.45, 2.75) is 6.42 Å². The van der Waals surface area contributed by atoms with Crippen LogP contribution in [0.3, 0.4) is 0 Å². The number of aliphatic carboxylic acids is 1. The summed E-state index contributed by atoms with van der Waals surface area (Å²) in [4.78, 5) is 23.0. The molecule has 0 amide bonds. The van der Waals surface area contributed by atoms with E-state index in [-0.39, 0.29) is 0 Å². The van der Waals surface area contributed by atoms with E-state index in [0.29, 0.717) is 11.3 Å². The molecule has 2 N–H and O–H groups in total. The van der Waals surface area contributed by atoms with Gasteiger partial charge >= 0.3 is 5.97 Å². The number of aliphatic hydroxyl groups excluding tert-OH is 1. The van der Waals surface area contributed by atoms with E-state index in [1.54, 1.807) is 12.5 Å². The number of rotatable bonds is 6. The number of carbonyl (C=O) groups is 2. The Morgan fingerprint density at radius 1 is 1.18 bits per heavy atom. The summed E-state index contributed by atoms with van der Waals surface area (Å²) >= 11 is 1.22. The molecular formula is C16H14O5S. The summed E-state index contributed by atoms with van der Waals surface area (Å²) in [6.45, 7) is 0. The number of benzene rings is 1. The Hall–Kier alpha value is -2.60. The predicted molar refractivity (Wildman–Crippen MR) is 82.8 cm³/mol. The number of hydrogen-bond acceptors (Lipinski definition) is 5. The van der Waals surface area contributed by atoms with Gasteiger partial charge < -0.3 is 14.9 Å². The van der Waals surface area contributed by atoms with E-state index in [2.05, 4.69) is 0 Å². The van der Waals surface area contributed by atoms with E-state index in [1.165, 1.54) is 11.3 Å². The predicted octanol–water partition coefficient (Wildman–Crippen LogP) is 3.06. The maximum absolute atomic E-state index is 12.0. The van der Waals surface area contributed by atoms with Crippen molar-refractivity contribution >= 4 is 23.1 Å². The average molecular weight is 318 g/mol. The van der Waals surface area contributed by atoms with Gasteiger partial charge in [0.15, 0.2) is 5.78 Å². The fourth-order valence-electron chi connectivity index (χ4n) is 1.91. The lowest BCUT2D eigenvalue weighted by atomic mass is 10.0. The zero-order chi connectivity index (χ0) is 16.1. The van der Waals surface area contributed by atoms with Crippen molar-refractivity contribution in [1.29, 1.82) is 0 Å². The van der Waals surface area contributed by atoms with Crippen LogP contribution in [0.15, 0.2) is 47.5 Å². The van der Waals surface area contributed by atoms with Crippen LogP contribution in [0.1, 0.15) is 20.8 Å². The van der Waals surface area contributed by atoms with Crippen LogP contribution in [0, 0.1) is 0 Å². The highest BCUT2D eigenvalue weighted by Crippen LogP contribution is 2.22. The van der Waals surface area contributed by atoms with Gasteiger partial charge in [-0.15, -0.1) is 11.3 Å². The Kier molecular flexibility index (Phi) is 4.95. The van der Waals surface area contributed by atoms with Crippen LogP contribution in [-0.2, 0) is 11.2 Å². The van der Waals surface area contributed by atoms with Gasteiger partial charge in [0.05, 0.1) is 12.0 Å². The van der Waals surface area contributed by atoms with Crippen LogP contribution in [0.4, 0.5) is 0 Å². The van der Waals surface area contributed by atoms with Gasteiger partial charge in [-0.05, 0) is 41.1 Å². The number of allylic oxidation sites excluding steroid dienone is 1. The monoisotopic (exact) mass is 318 g/mol. The minimum absolute atomic E-state index is 0.420. The van der Waals surface area contributed by atoms with Gasteiger partial charge in [-0.2, -0.15) is 0 Å². The molecule has 1 heterocycles. The number of ketones is 1. The van der Waals surface area contributed by atoms with Crippen molar-refractivity contribution in [3.05, 3.63) is 63.6 Å². The van der Waals surface area contributed by atoms with Crippen LogP contribution in [0.5, 0.6) is 5.75 Å². The number of methoxy groups -OCH3 is 1. The number of carboxylic acids is 1. The first kappa shape index (κ1) is 15.8. The summed E-state index contributed by atoms with van der Waals surface area (Å²) < 4.78 is 5.09. The molecule has 0 saturated heterocycles. The minimum Gasteiger partial charge on any atom is -0.502 e. The lowest BCUT2D eigenvalue weighted by molar-refractivity contribution is -0.135. The van der Waals surface area contributed by atoms with Crippen molar-refractivity contribution in [1.82, 2.24) is 0 Å². The number of ether oxygens (including phenoxy) is 1. The first-order valence-corrected chi connectivity index (χ1v) is 7.27. The molecule has 0 unspecified atom stereocenters. The molecule has 0 aliphatic rings. The van der Waals surface area contributed by atoms with E-state index < -0.39 is 17.5 Å². The number of thiophene rings is 1. The molecule has 0 fully saturated rings. The third-order valence-electron chi connectivity index (χ3n) is 3.01. The second-order valence-corrected chi connectivity index (χ2v) is 5.41. The largest absolute Gasteiger partial charge is 0.502 e. The van der Waals surface area contributed by atoms with Crippen molar-refractivity contribution in [2.75, 3.05) is 7.11 Å². The SMILES string of the molecule is COc1ccc(Cc2ccsc2C(=O)/C=C(\O)C(=O)O)cc1. The third-order valence-corrected chi connectivity index (χ3v) is 3.98. The van der Waals surface area contributed by atoms with Crippen LogP contribution < -0.4 is 4.74 Å². The molecular weight excluding hydrogens is 304 g/mol. The molecule has 1 aromatic heterocycles. The van der Waals surface area contributed by atoms with Crippen molar-refractivity contribution in [3.8, 4) is 5.75 Å². The highest BCUT2D eigenvalue weighted by Gasteiger charge is 2.15. The van der Waals surface area contributed by atoms with Crippen molar-refractivity contribution in [2.24, 2.45) is 0 Å². The van der Waals surface area contributed by atoms with Crippen molar-refractivity contribution in [3.63, 3.8) is 0 Å². The fraction of sp³-hybridized carbons (Fsp3) is 0.125. The molecule has 5 nitrogen and oxygen atoms in total. The smallest absolute Gasteiger partial charge is 0.371 e. The van der Waals surface area contributed by atoms with Crippen LogP contribution in [0.2, 0.25) is 0 Å². The zero-order valence-electron chi connectivity index (χ0n) is 11.8. The quantitative estimate of drug-likeness (QED) is 0.486. The van der Waals surface area contributed by atoms with E-state index in [4.69, 9.17) is 14.9 Å². The number of carboxylic acid groups (broad SMARTS) is 1. The topological polar surface area (TPSA) is 83.8 Å². The molecule has 2 aromatic rings. The lowest BCUT2D eigenvalue weighted by Gasteiger charge is -2.04. The van der Waals surface area contributed by atoms with Gasteiger partial charge in [-0.1, -0.05) is 12.1 Å². The van der Waals surface area contributed by atoms with Gasteiger partial charge in [0.25, 0.3) is 0 Å². The Labute approximate surface area is 131 Å². The fourth-order valence-corrected chi connectivity index (χ4v) is 2.74. The molecule has 0 aliphatic heterocycles. The van der Waals surface area contributed by atoms with Crippen molar-refractivity contribution < 1.29 is 24.5 Å². The highest BCUT2D eigenvalue weighted by atomic mass is 32.1. The molecule has 2 rings (SSSR count). The van der Waals surface area contributed by atoms with Gasteiger partial charge in [-0.25, -0.2) is 4.79 Å². The molecule has 22 heavy (non-hydrogen) atoms.